The van der Waals surface area contributed by atoms with Crippen molar-refractivity contribution in [2.24, 2.45) is 34.0 Å². The van der Waals surface area contributed by atoms with Crippen LogP contribution in [-0.2, 0) is 61.8 Å². The number of rotatable bonds is 6. The van der Waals surface area contributed by atoms with Gasteiger partial charge < -0.3 is 58.0 Å². The van der Waals surface area contributed by atoms with Crippen molar-refractivity contribution in [1.82, 2.24) is 0 Å². The van der Waals surface area contributed by atoms with Gasteiger partial charge in [-0.3, -0.25) is 9.59 Å². The molecule has 0 amide bonds. The van der Waals surface area contributed by atoms with Crippen molar-refractivity contribution >= 4 is 23.9 Å². The molecule has 7 fully saturated rings. The summed E-state index contributed by atoms with van der Waals surface area (Å²) in [6, 6.07) is 0. The fourth-order valence-corrected chi connectivity index (χ4v) is 11.9. The van der Waals surface area contributed by atoms with Gasteiger partial charge in [0.1, 0.15) is 34.9 Å². The van der Waals surface area contributed by atoms with Gasteiger partial charge in [-0.25, -0.2) is 9.59 Å². The molecule has 4 saturated heterocycles. The first-order valence-corrected chi connectivity index (χ1v) is 16.7. The second kappa shape index (κ2) is 10.1. The average Bonchev–Trinajstić information content (AvgIpc) is 3.58. The SMILES string of the molecule is C/C=C(\C)C(=O)O[C@H]1C[C@@H](OC(C)=O)[C@@]2(C(=O)OC)CO[C@H]3[C@@H](O)[C@@](C)([C@]45O[C@@]4(C)[C@H]4C5O[C@@H]5OC=C[C@@]54O)[C@H]4[C@]1(CO[C@]4(O)C(=O)OC)[C@@H]32. The van der Waals surface area contributed by atoms with Crippen molar-refractivity contribution < 1.29 is 77.1 Å². The number of hydrogen-bond acceptors (Lipinski definition) is 16. The van der Waals surface area contributed by atoms with Gasteiger partial charge in [-0.05, 0) is 26.8 Å². The first kappa shape index (κ1) is 34.0. The standard InChI is InChI=1S/C34H42O16/c1-8-14(2)23(37)48-16-11-17(47-15(3)35)31(25(38)42-6)12-45-18-19(31)30(16)13-46-33(41,26(39)43-7)24(30)28(4,21(18)36)34-22-20(29(34,5)50-34)32(40)9-10-44-27(32)49-22/h8-10,16-22,24,27,36,40-41H,11-13H2,1-7H3/b14-8+/t16-,17+,18+,19+,20+,21+,22?,24-,27-,28+,29-,30-,31-,32-,33-,34-/m0/s1. The summed E-state index contributed by atoms with van der Waals surface area (Å²) in [5.41, 5.74) is -9.36. The minimum Gasteiger partial charge on any atom is -0.469 e. The number of ether oxygens (including phenoxy) is 9. The lowest BCUT2D eigenvalue weighted by Gasteiger charge is -2.67. The van der Waals surface area contributed by atoms with Crippen LogP contribution < -0.4 is 0 Å². The van der Waals surface area contributed by atoms with Gasteiger partial charge in [0.25, 0.3) is 5.79 Å². The van der Waals surface area contributed by atoms with E-state index in [0.29, 0.717) is 0 Å². The molecule has 3 N–H and O–H groups in total. The largest absolute Gasteiger partial charge is 0.469 e. The molecule has 0 bridgehead atoms. The normalized spacial score (nSPS) is 54.5. The molecule has 16 atom stereocenters. The highest BCUT2D eigenvalue weighted by atomic mass is 16.8. The summed E-state index contributed by atoms with van der Waals surface area (Å²) in [6.45, 7) is 6.82. The van der Waals surface area contributed by atoms with Crippen LogP contribution >= 0.6 is 0 Å². The van der Waals surface area contributed by atoms with Crippen LogP contribution in [0.5, 0.6) is 0 Å². The van der Waals surface area contributed by atoms with Crippen molar-refractivity contribution in [2.45, 2.75) is 100 Å². The molecule has 16 heteroatoms. The lowest BCUT2D eigenvalue weighted by molar-refractivity contribution is -0.309. The molecule has 0 aromatic heterocycles. The maximum Gasteiger partial charge on any atom is 0.366 e. The zero-order valence-corrected chi connectivity index (χ0v) is 28.7. The number of aliphatic hydroxyl groups is 3. The number of fused-ring (bicyclic) bond motifs is 6. The van der Waals surface area contributed by atoms with Gasteiger partial charge in [0.15, 0.2) is 5.60 Å². The summed E-state index contributed by atoms with van der Waals surface area (Å²) in [6.07, 6.45) is -3.45. The Balaban J connectivity index is 1.38. The van der Waals surface area contributed by atoms with Gasteiger partial charge in [0.2, 0.25) is 6.29 Å². The van der Waals surface area contributed by atoms with E-state index in [0.717, 1.165) is 14.2 Å². The molecule has 5 aliphatic heterocycles. The van der Waals surface area contributed by atoms with E-state index < -0.39 is 130 Å². The van der Waals surface area contributed by atoms with E-state index in [-0.39, 0.29) is 12.0 Å². The predicted molar refractivity (Wildman–Crippen MR) is 160 cm³/mol. The van der Waals surface area contributed by atoms with E-state index >= 15 is 0 Å². The number of hydrogen-bond donors (Lipinski definition) is 3. The molecule has 0 aromatic carbocycles. The minimum absolute atomic E-state index is 0.234. The van der Waals surface area contributed by atoms with E-state index in [2.05, 4.69) is 0 Å². The van der Waals surface area contributed by atoms with Gasteiger partial charge in [-0.2, -0.15) is 0 Å². The second-order valence-corrected chi connectivity index (χ2v) is 15.4. The Morgan fingerprint density at radius 2 is 1.66 bits per heavy atom. The molecular formula is C34H42O16. The van der Waals surface area contributed by atoms with Gasteiger partial charge in [-0.1, -0.05) is 13.0 Å². The Kier molecular flexibility index (Phi) is 6.83. The number of aliphatic hydroxyl groups excluding tert-OH is 1. The maximum atomic E-state index is 14.1. The molecule has 3 saturated carbocycles. The molecular weight excluding hydrogens is 664 g/mol. The number of carbonyl (C=O) groups excluding carboxylic acids is 4. The molecule has 1 unspecified atom stereocenters. The van der Waals surface area contributed by atoms with Gasteiger partial charge in [0, 0.05) is 41.6 Å². The summed E-state index contributed by atoms with van der Waals surface area (Å²) in [5, 5.41) is 37.1. The zero-order chi connectivity index (χ0) is 36.2. The third-order valence-electron chi connectivity index (χ3n) is 13.8. The van der Waals surface area contributed by atoms with E-state index in [1.165, 1.54) is 19.3 Å². The van der Waals surface area contributed by atoms with Crippen molar-refractivity contribution in [3.8, 4) is 0 Å². The van der Waals surface area contributed by atoms with E-state index in [1.54, 1.807) is 33.8 Å². The third kappa shape index (κ3) is 3.34. The molecule has 3 aliphatic carbocycles. The van der Waals surface area contributed by atoms with Crippen LogP contribution in [0.3, 0.4) is 0 Å². The molecule has 0 aromatic rings. The Morgan fingerprint density at radius 1 is 0.960 bits per heavy atom. The predicted octanol–water partition coefficient (Wildman–Crippen LogP) is -0.593. The smallest absolute Gasteiger partial charge is 0.366 e. The second-order valence-electron chi connectivity index (χ2n) is 15.4. The average molecular weight is 707 g/mol. The van der Waals surface area contributed by atoms with E-state index in [1.807, 2.05) is 0 Å². The Morgan fingerprint density at radius 3 is 2.30 bits per heavy atom. The topological polar surface area (TPSA) is 215 Å². The fourth-order valence-electron chi connectivity index (χ4n) is 11.9. The summed E-state index contributed by atoms with van der Waals surface area (Å²) in [4.78, 5) is 54.1. The highest BCUT2D eigenvalue weighted by Gasteiger charge is 3.01. The maximum absolute atomic E-state index is 14.1. The Bertz CT molecular complexity index is 1640. The summed E-state index contributed by atoms with van der Waals surface area (Å²) in [5.74, 6) is -9.82. The number of esters is 4. The molecule has 1 spiro atoms. The molecule has 50 heavy (non-hydrogen) atoms. The summed E-state index contributed by atoms with van der Waals surface area (Å²) < 4.78 is 53.5. The quantitative estimate of drug-likeness (QED) is 0.136. The molecule has 0 radical (unpaired) electrons. The van der Waals surface area contributed by atoms with Crippen LogP contribution in [0.15, 0.2) is 24.0 Å². The molecule has 274 valence electrons. The first-order chi connectivity index (χ1) is 23.5. The van der Waals surface area contributed by atoms with Crippen LogP contribution in [-0.4, -0.2) is 126 Å². The van der Waals surface area contributed by atoms with Crippen molar-refractivity contribution in [2.75, 3.05) is 27.4 Å². The van der Waals surface area contributed by atoms with Crippen LogP contribution in [0.1, 0.15) is 41.0 Å². The van der Waals surface area contributed by atoms with E-state index in [9.17, 15) is 34.5 Å². The Hall–Kier alpha value is -3.12. The lowest BCUT2D eigenvalue weighted by Crippen LogP contribution is -2.82. The Labute approximate surface area is 286 Å². The van der Waals surface area contributed by atoms with Crippen molar-refractivity contribution in [3.05, 3.63) is 24.0 Å². The van der Waals surface area contributed by atoms with Crippen LogP contribution in [0.2, 0.25) is 0 Å². The molecule has 8 rings (SSSR count). The fraction of sp³-hybridized carbons (Fsp3) is 0.765. The number of methoxy groups -OCH3 is 2. The number of allylic oxidation sites excluding steroid dienone is 1. The van der Waals surface area contributed by atoms with Crippen LogP contribution in [0.25, 0.3) is 0 Å². The van der Waals surface area contributed by atoms with E-state index in [4.69, 9.17) is 42.6 Å². The number of carbonyl (C=O) groups is 4. The summed E-state index contributed by atoms with van der Waals surface area (Å²) >= 11 is 0. The number of epoxide rings is 1. The van der Waals surface area contributed by atoms with Crippen molar-refractivity contribution in [1.29, 1.82) is 0 Å². The minimum atomic E-state index is -2.82. The van der Waals surface area contributed by atoms with Gasteiger partial charge in [-0.15, -0.1) is 0 Å². The van der Waals surface area contributed by atoms with Crippen LogP contribution in [0, 0.1) is 34.0 Å². The first-order valence-electron chi connectivity index (χ1n) is 16.7. The highest BCUT2D eigenvalue weighted by molar-refractivity contribution is 5.88. The van der Waals surface area contributed by atoms with Crippen molar-refractivity contribution in [3.63, 3.8) is 0 Å². The highest BCUT2D eigenvalue weighted by Crippen LogP contribution is 2.85. The van der Waals surface area contributed by atoms with Gasteiger partial charge >= 0.3 is 23.9 Å². The zero-order valence-electron chi connectivity index (χ0n) is 28.7. The van der Waals surface area contributed by atoms with Gasteiger partial charge in [0.05, 0.1) is 51.8 Å². The molecule has 8 aliphatic rings. The lowest BCUT2D eigenvalue weighted by atomic mass is 9.35. The molecule has 16 nitrogen and oxygen atoms in total. The monoisotopic (exact) mass is 706 g/mol. The van der Waals surface area contributed by atoms with Crippen LogP contribution in [0.4, 0.5) is 0 Å². The third-order valence-corrected chi connectivity index (χ3v) is 13.8. The molecule has 5 heterocycles. The summed E-state index contributed by atoms with van der Waals surface area (Å²) in [7, 11) is 2.22.